The van der Waals surface area contributed by atoms with Crippen LogP contribution in [0, 0.1) is 0 Å². The lowest BCUT2D eigenvalue weighted by Crippen LogP contribution is -2.59. The number of benzene rings is 1. The molecule has 2 aliphatic rings. The molecule has 0 spiro atoms. The summed E-state index contributed by atoms with van der Waals surface area (Å²) in [6, 6.07) is 2.65. The van der Waals surface area contributed by atoms with Crippen LogP contribution >= 0.6 is 0 Å². The van der Waals surface area contributed by atoms with E-state index in [1.165, 1.54) is 0 Å². The van der Waals surface area contributed by atoms with Gasteiger partial charge in [0.2, 0.25) is 5.91 Å². The van der Waals surface area contributed by atoms with Gasteiger partial charge in [-0.1, -0.05) is 6.07 Å². The molecule has 1 aromatic heterocycles. The van der Waals surface area contributed by atoms with E-state index in [9.17, 15) is 13.6 Å². The molecular weight excluding hydrogens is 390 g/mol. The summed E-state index contributed by atoms with van der Waals surface area (Å²) in [5, 5.41) is 2.84. The number of fused-ring (bicyclic) bond motifs is 1. The van der Waals surface area contributed by atoms with Gasteiger partial charge in [0, 0.05) is 44.0 Å². The van der Waals surface area contributed by atoms with E-state index in [1.54, 1.807) is 23.4 Å². The van der Waals surface area contributed by atoms with Gasteiger partial charge in [0.25, 0.3) is 5.92 Å². The Morgan fingerprint density at radius 2 is 2.07 bits per heavy atom. The van der Waals surface area contributed by atoms with Crippen molar-refractivity contribution in [3.63, 3.8) is 0 Å². The van der Waals surface area contributed by atoms with Crippen molar-refractivity contribution < 1.29 is 13.6 Å². The number of nitrogens with one attached hydrogen (secondary N) is 1. The van der Waals surface area contributed by atoms with Crippen molar-refractivity contribution in [3.05, 3.63) is 30.1 Å². The Bertz CT molecular complexity index is 948. The molecule has 160 valence electrons. The molecule has 2 unspecified atom stereocenters. The molecule has 2 saturated heterocycles. The van der Waals surface area contributed by atoms with E-state index in [2.05, 4.69) is 27.0 Å². The zero-order valence-corrected chi connectivity index (χ0v) is 17.0. The Kier molecular flexibility index (Phi) is 5.64. The smallest absolute Gasteiger partial charge is 0.267 e. The van der Waals surface area contributed by atoms with E-state index < -0.39 is 18.5 Å². The zero-order valence-electron chi connectivity index (χ0n) is 17.0. The number of amides is 1. The number of anilines is 1. The van der Waals surface area contributed by atoms with Crippen molar-refractivity contribution in [2.24, 2.45) is 4.99 Å². The maximum Gasteiger partial charge on any atom is 0.267 e. The number of rotatable bonds is 6. The van der Waals surface area contributed by atoms with Crippen LogP contribution in [0.15, 0.2) is 29.5 Å². The van der Waals surface area contributed by atoms with Gasteiger partial charge in [0.1, 0.15) is 5.52 Å². The molecule has 0 bridgehead atoms. The number of likely N-dealkylation sites (tertiary alicyclic amines) is 1. The van der Waals surface area contributed by atoms with Crippen molar-refractivity contribution in [3.8, 4) is 0 Å². The predicted molar refractivity (Wildman–Crippen MR) is 112 cm³/mol. The van der Waals surface area contributed by atoms with Crippen LogP contribution in [-0.4, -0.2) is 71.7 Å². The number of hydrogen-bond donors (Lipinski definition) is 1. The van der Waals surface area contributed by atoms with E-state index in [-0.39, 0.29) is 18.4 Å². The van der Waals surface area contributed by atoms with Gasteiger partial charge in [0.15, 0.2) is 0 Å². The number of carbonyl (C=O) groups excluding carboxylic acids is 1. The van der Waals surface area contributed by atoms with Gasteiger partial charge in [-0.2, -0.15) is 0 Å². The second-order valence-corrected chi connectivity index (χ2v) is 8.09. The second kappa shape index (κ2) is 8.22. The molecule has 2 aliphatic heterocycles. The minimum Gasteiger partial charge on any atom is -0.362 e. The fourth-order valence-corrected chi connectivity index (χ4v) is 4.20. The monoisotopic (exact) mass is 416 g/mol. The fraction of sp³-hybridized carbons (Fsp3) is 0.524. The van der Waals surface area contributed by atoms with Crippen LogP contribution in [0.5, 0.6) is 0 Å². The van der Waals surface area contributed by atoms with E-state index in [0.717, 1.165) is 25.1 Å². The number of aliphatic imine (C=N–C) groups is 1. The third-order valence-corrected chi connectivity index (χ3v) is 5.88. The molecule has 1 amide bonds. The first-order valence-corrected chi connectivity index (χ1v) is 10.2. The number of piperidine rings is 1. The van der Waals surface area contributed by atoms with Crippen LogP contribution in [0.25, 0.3) is 11.0 Å². The standard InChI is InChI=1S/C21H26F2N6O/c1-14(28-8-3-9-28)20(30)27-16-10-21(22,23)13-29(12-16)17-5-4-15(11-24-2)18-19(17)26-7-6-25-18/h4-7,14,16H,2-3,8-13H2,1H3,(H,27,30). The molecule has 7 nitrogen and oxygen atoms in total. The Balaban J connectivity index is 1.58. The Labute approximate surface area is 174 Å². The Morgan fingerprint density at radius 1 is 1.33 bits per heavy atom. The highest BCUT2D eigenvalue weighted by Gasteiger charge is 2.42. The molecule has 1 aromatic carbocycles. The lowest BCUT2D eigenvalue weighted by Gasteiger charge is -2.41. The SMILES string of the molecule is C=NCc1ccc(N2CC(NC(=O)C(C)N3CCC3)CC(F)(F)C2)c2nccnc12. The Hall–Kier alpha value is -2.68. The molecule has 0 radical (unpaired) electrons. The van der Waals surface area contributed by atoms with Crippen molar-refractivity contribution in [1.82, 2.24) is 20.2 Å². The first-order chi connectivity index (χ1) is 14.4. The molecule has 2 fully saturated rings. The van der Waals surface area contributed by atoms with Crippen LogP contribution in [-0.2, 0) is 11.3 Å². The Morgan fingerprint density at radius 3 is 2.73 bits per heavy atom. The highest BCUT2D eigenvalue weighted by atomic mass is 19.3. The average Bonchev–Trinajstić information content (AvgIpc) is 2.65. The normalized spacial score (nSPS) is 22.4. The quantitative estimate of drug-likeness (QED) is 0.732. The molecular formula is C21H26F2N6O. The first kappa shape index (κ1) is 20.6. The summed E-state index contributed by atoms with van der Waals surface area (Å²) in [5.41, 5.74) is 2.60. The maximum absolute atomic E-state index is 14.6. The van der Waals surface area contributed by atoms with Gasteiger partial charge >= 0.3 is 0 Å². The van der Waals surface area contributed by atoms with Crippen LogP contribution < -0.4 is 10.2 Å². The minimum atomic E-state index is -2.92. The van der Waals surface area contributed by atoms with Crippen molar-refractivity contribution in [1.29, 1.82) is 0 Å². The van der Waals surface area contributed by atoms with Gasteiger partial charge in [-0.25, -0.2) is 8.78 Å². The first-order valence-electron chi connectivity index (χ1n) is 10.2. The molecule has 9 heteroatoms. The van der Waals surface area contributed by atoms with E-state index in [4.69, 9.17) is 0 Å². The van der Waals surface area contributed by atoms with E-state index >= 15 is 0 Å². The van der Waals surface area contributed by atoms with Gasteiger partial charge in [-0.05, 0) is 26.1 Å². The highest BCUT2D eigenvalue weighted by Crippen LogP contribution is 2.34. The third kappa shape index (κ3) is 4.12. The molecule has 4 rings (SSSR count). The number of nitrogens with zero attached hydrogens (tertiary/aromatic N) is 5. The summed E-state index contributed by atoms with van der Waals surface area (Å²) < 4.78 is 29.2. The number of aromatic nitrogens is 2. The van der Waals surface area contributed by atoms with E-state index in [0.29, 0.717) is 29.8 Å². The summed E-state index contributed by atoms with van der Waals surface area (Å²) in [7, 11) is 0. The summed E-state index contributed by atoms with van der Waals surface area (Å²) in [6.07, 6.45) is 3.82. The molecule has 0 aliphatic carbocycles. The van der Waals surface area contributed by atoms with Crippen molar-refractivity contribution in [2.75, 3.05) is 31.1 Å². The number of alkyl halides is 2. The van der Waals surface area contributed by atoms with Gasteiger partial charge in [0.05, 0.1) is 36.4 Å². The summed E-state index contributed by atoms with van der Waals surface area (Å²) in [6.45, 7) is 7.32. The molecule has 30 heavy (non-hydrogen) atoms. The molecule has 0 saturated carbocycles. The fourth-order valence-electron chi connectivity index (χ4n) is 4.20. The highest BCUT2D eigenvalue weighted by molar-refractivity contribution is 5.90. The number of halogens is 2. The van der Waals surface area contributed by atoms with Gasteiger partial charge in [-0.15, -0.1) is 0 Å². The molecule has 1 N–H and O–H groups in total. The average molecular weight is 416 g/mol. The maximum atomic E-state index is 14.6. The second-order valence-electron chi connectivity index (χ2n) is 8.09. The summed E-state index contributed by atoms with van der Waals surface area (Å²) in [4.78, 5) is 28.9. The van der Waals surface area contributed by atoms with Crippen LogP contribution in [0.2, 0.25) is 0 Å². The predicted octanol–water partition coefficient (Wildman–Crippen LogP) is 2.25. The summed E-state index contributed by atoms with van der Waals surface area (Å²) >= 11 is 0. The van der Waals surface area contributed by atoms with Crippen molar-refractivity contribution >= 4 is 29.3 Å². The lowest BCUT2D eigenvalue weighted by atomic mass is 9.99. The third-order valence-electron chi connectivity index (χ3n) is 5.88. The zero-order chi connectivity index (χ0) is 21.3. The van der Waals surface area contributed by atoms with Crippen molar-refractivity contribution in [2.45, 2.75) is 44.3 Å². The molecule has 2 atom stereocenters. The lowest BCUT2D eigenvalue weighted by molar-refractivity contribution is -0.128. The van der Waals surface area contributed by atoms with Crippen LogP contribution in [0.3, 0.4) is 0 Å². The van der Waals surface area contributed by atoms with E-state index in [1.807, 2.05) is 17.9 Å². The topological polar surface area (TPSA) is 73.7 Å². The van der Waals surface area contributed by atoms with Gasteiger partial charge < -0.3 is 10.2 Å². The van der Waals surface area contributed by atoms with Gasteiger partial charge in [-0.3, -0.25) is 24.7 Å². The van der Waals surface area contributed by atoms with Crippen LogP contribution in [0.4, 0.5) is 14.5 Å². The molecule has 3 heterocycles. The number of hydrogen-bond acceptors (Lipinski definition) is 6. The molecule has 2 aromatic rings. The minimum absolute atomic E-state index is 0.200. The largest absolute Gasteiger partial charge is 0.362 e. The number of carbonyl (C=O) groups is 1. The summed E-state index contributed by atoms with van der Waals surface area (Å²) in [5.74, 6) is -3.12. The van der Waals surface area contributed by atoms with Crippen LogP contribution in [0.1, 0.15) is 25.3 Å².